The number of benzene rings is 1. The molecular weight excluding hydrogens is 290 g/mol. The summed E-state index contributed by atoms with van der Waals surface area (Å²) in [6, 6.07) is 7.43. The summed E-state index contributed by atoms with van der Waals surface area (Å²) in [5, 5.41) is 3.13. The molecule has 0 aliphatic heterocycles. The highest BCUT2D eigenvalue weighted by atomic mass is 35.5. The number of aromatic nitrogens is 2. The zero-order valence-electron chi connectivity index (χ0n) is 12.1. The predicted octanol–water partition coefficient (Wildman–Crippen LogP) is 3.76. The molecule has 0 atom stereocenters. The molecule has 0 spiro atoms. The Bertz CT molecular complexity index is 593. The number of nitrogens with one attached hydrogen (secondary N) is 1. The number of halogens is 1. The van der Waals surface area contributed by atoms with E-state index in [9.17, 15) is 0 Å². The van der Waals surface area contributed by atoms with Gasteiger partial charge >= 0.3 is 0 Å². The Kier molecular flexibility index (Phi) is 5.63. The fraction of sp³-hybridized carbons (Fsp3) is 0.333. The molecule has 2 rings (SSSR count). The van der Waals surface area contributed by atoms with Gasteiger partial charge in [0.15, 0.2) is 0 Å². The lowest BCUT2D eigenvalue weighted by Crippen LogP contribution is -2.01. The summed E-state index contributed by atoms with van der Waals surface area (Å²) in [4.78, 5) is 8.43. The topological polar surface area (TPSA) is 56.3 Å². The van der Waals surface area contributed by atoms with Gasteiger partial charge in [0.1, 0.15) is 5.75 Å². The Morgan fingerprint density at radius 2 is 1.95 bits per heavy atom. The molecule has 1 N–H and O–H groups in total. The first-order valence-corrected chi connectivity index (χ1v) is 7.34. The summed E-state index contributed by atoms with van der Waals surface area (Å²) in [7, 11) is 0. The van der Waals surface area contributed by atoms with Gasteiger partial charge in [-0.25, -0.2) is 4.98 Å². The summed E-state index contributed by atoms with van der Waals surface area (Å²) in [6.45, 7) is 5.03. The van der Waals surface area contributed by atoms with Crippen molar-refractivity contribution in [2.75, 3.05) is 18.5 Å². The summed E-state index contributed by atoms with van der Waals surface area (Å²) in [6.07, 6.45) is 1.65. The predicted molar refractivity (Wildman–Crippen MR) is 83.7 cm³/mol. The maximum atomic E-state index is 5.95. The first kappa shape index (κ1) is 15.4. The van der Waals surface area contributed by atoms with E-state index in [2.05, 4.69) is 15.3 Å². The molecule has 1 aromatic heterocycles. The first-order valence-electron chi connectivity index (χ1n) is 6.81. The molecule has 5 nitrogen and oxygen atoms in total. The Morgan fingerprint density at radius 3 is 2.67 bits per heavy atom. The van der Waals surface area contributed by atoms with Crippen LogP contribution >= 0.6 is 11.6 Å². The standard InChI is InChI=1S/C15H18ClN3O2/c1-3-20-13-6-5-12(9-11(13)10-16)18-15-17-8-7-14(19-15)21-4-2/h5-9H,3-4,10H2,1-2H3,(H,17,18,19). The zero-order valence-corrected chi connectivity index (χ0v) is 12.9. The van der Waals surface area contributed by atoms with Gasteiger partial charge in [0.05, 0.1) is 19.1 Å². The third-order valence-corrected chi connectivity index (χ3v) is 2.97. The van der Waals surface area contributed by atoms with Crippen LogP contribution < -0.4 is 14.8 Å². The van der Waals surface area contributed by atoms with E-state index in [4.69, 9.17) is 21.1 Å². The molecule has 1 aromatic carbocycles. The van der Waals surface area contributed by atoms with Gasteiger partial charge in [-0.15, -0.1) is 11.6 Å². The van der Waals surface area contributed by atoms with Crippen molar-refractivity contribution in [3.8, 4) is 11.6 Å². The molecule has 2 aromatic rings. The van der Waals surface area contributed by atoms with Crippen molar-refractivity contribution in [1.29, 1.82) is 0 Å². The lowest BCUT2D eigenvalue weighted by Gasteiger charge is -2.11. The van der Waals surface area contributed by atoms with E-state index in [1.807, 2.05) is 32.0 Å². The van der Waals surface area contributed by atoms with Gasteiger partial charge in [0.25, 0.3) is 0 Å². The molecule has 0 aliphatic carbocycles. The largest absolute Gasteiger partial charge is 0.494 e. The average molecular weight is 308 g/mol. The first-order chi connectivity index (χ1) is 10.3. The zero-order chi connectivity index (χ0) is 15.1. The van der Waals surface area contributed by atoms with Crippen molar-refractivity contribution >= 4 is 23.2 Å². The minimum Gasteiger partial charge on any atom is -0.494 e. The van der Waals surface area contributed by atoms with Gasteiger partial charge in [0, 0.05) is 23.5 Å². The van der Waals surface area contributed by atoms with Crippen molar-refractivity contribution < 1.29 is 9.47 Å². The molecule has 0 radical (unpaired) electrons. The van der Waals surface area contributed by atoms with Crippen LogP contribution in [0.4, 0.5) is 11.6 Å². The molecule has 21 heavy (non-hydrogen) atoms. The summed E-state index contributed by atoms with van der Waals surface area (Å²) in [5.74, 6) is 2.19. The number of anilines is 2. The van der Waals surface area contributed by atoms with Crippen LogP contribution in [0.2, 0.25) is 0 Å². The maximum Gasteiger partial charge on any atom is 0.230 e. The Hall–Kier alpha value is -2.01. The van der Waals surface area contributed by atoms with Crippen molar-refractivity contribution in [1.82, 2.24) is 9.97 Å². The van der Waals surface area contributed by atoms with E-state index in [-0.39, 0.29) is 0 Å². The van der Waals surface area contributed by atoms with E-state index in [1.54, 1.807) is 12.3 Å². The summed E-state index contributed by atoms with van der Waals surface area (Å²) >= 11 is 5.95. The van der Waals surface area contributed by atoms with Crippen LogP contribution in [0.5, 0.6) is 11.6 Å². The van der Waals surface area contributed by atoms with E-state index in [0.29, 0.717) is 30.9 Å². The van der Waals surface area contributed by atoms with Crippen LogP contribution in [0.15, 0.2) is 30.5 Å². The number of rotatable bonds is 7. The molecule has 0 amide bonds. The van der Waals surface area contributed by atoms with Crippen molar-refractivity contribution in [3.63, 3.8) is 0 Å². The molecule has 6 heteroatoms. The van der Waals surface area contributed by atoms with E-state index < -0.39 is 0 Å². The molecule has 0 unspecified atom stereocenters. The van der Waals surface area contributed by atoms with Crippen molar-refractivity contribution in [2.45, 2.75) is 19.7 Å². The third kappa shape index (κ3) is 4.23. The molecule has 0 bridgehead atoms. The third-order valence-electron chi connectivity index (χ3n) is 2.68. The van der Waals surface area contributed by atoms with Crippen molar-refractivity contribution in [3.05, 3.63) is 36.0 Å². The normalized spacial score (nSPS) is 10.2. The number of hydrogen-bond acceptors (Lipinski definition) is 5. The highest BCUT2D eigenvalue weighted by Crippen LogP contribution is 2.26. The Labute approximate surface area is 129 Å². The quantitative estimate of drug-likeness (QED) is 0.789. The van der Waals surface area contributed by atoms with Gasteiger partial charge in [-0.1, -0.05) is 0 Å². The Morgan fingerprint density at radius 1 is 1.14 bits per heavy atom. The molecule has 1 heterocycles. The lowest BCUT2D eigenvalue weighted by molar-refractivity contribution is 0.326. The van der Waals surface area contributed by atoms with Crippen LogP contribution in [0.25, 0.3) is 0 Å². The smallest absolute Gasteiger partial charge is 0.230 e. The monoisotopic (exact) mass is 307 g/mol. The minimum atomic E-state index is 0.380. The van der Waals surface area contributed by atoms with Gasteiger partial charge < -0.3 is 14.8 Å². The van der Waals surface area contributed by atoms with Gasteiger partial charge in [-0.2, -0.15) is 4.98 Å². The average Bonchev–Trinajstić information content (AvgIpc) is 2.50. The highest BCUT2D eigenvalue weighted by molar-refractivity contribution is 6.17. The molecule has 112 valence electrons. The summed E-state index contributed by atoms with van der Waals surface area (Å²) < 4.78 is 10.9. The SMILES string of the molecule is CCOc1ccnc(Nc2ccc(OCC)c(CCl)c2)n1. The van der Waals surface area contributed by atoms with Gasteiger partial charge in [-0.05, 0) is 32.0 Å². The molecule has 0 saturated heterocycles. The lowest BCUT2D eigenvalue weighted by atomic mass is 10.2. The highest BCUT2D eigenvalue weighted by Gasteiger charge is 2.06. The maximum absolute atomic E-state index is 5.95. The number of ether oxygens (including phenoxy) is 2. The molecule has 0 fully saturated rings. The number of nitrogens with zero attached hydrogens (tertiary/aromatic N) is 2. The van der Waals surface area contributed by atoms with Crippen LogP contribution in [-0.2, 0) is 5.88 Å². The fourth-order valence-electron chi connectivity index (χ4n) is 1.82. The van der Waals surface area contributed by atoms with Crippen LogP contribution in [0, 0.1) is 0 Å². The van der Waals surface area contributed by atoms with Gasteiger partial charge in [0.2, 0.25) is 11.8 Å². The van der Waals surface area contributed by atoms with E-state index in [0.717, 1.165) is 17.0 Å². The second-order valence-electron chi connectivity index (χ2n) is 4.17. The van der Waals surface area contributed by atoms with E-state index in [1.165, 1.54) is 0 Å². The second kappa shape index (κ2) is 7.69. The van der Waals surface area contributed by atoms with E-state index >= 15 is 0 Å². The van der Waals surface area contributed by atoms with Gasteiger partial charge in [-0.3, -0.25) is 0 Å². The van der Waals surface area contributed by atoms with Crippen molar-refractivity contribution in [2.24, 2.45) is 0 Å². The molecular formula is C15H18ClN3O2. The van der Waals surface area contributed by atoms with Crippen LogP contribution in [0.1, 0.15) is 19.4 Å². The number of alkyl halides is 1. The Balaban J connectivity index is 2.17. The number of hydrogen-bond donors (Lipinski definition) is 1. The fourth-order valence-corrected chi connectivity index (χ4v) is 2.03. The molecule has 0 saturated carbocycles. The minimum absolute atomic E-state index is 0.380. The molecule has 0 aliphatic rings. The van der Waals surface area contributed by atoms with Crippen LogP contribution in [0.3, 0.4) is 0 Å². The summed E-state index contributed by atoms with van der Waals surface area (Å²) in [5.41, 5.74) is 1.77. The van der Waals surface area contributed by atoms with Crippen LogP contribution in [-0.4, -0.2) is 23.2 Å². The second-order valence-corrected chi connectivity index (χ2v) is 4.43.